The van der Waals surface area contributed by atoms with Gasteiger partial charge in [-0.1, -0.05) is 30.3 Å². The second-order valence-corrected chi connectivity index (χ2v) is 7.39. The van der Waals surface area contributed by atoms with E-state index in [2.05, 4.69) is 10.1 Å². The first-order chi connectivity index (χ1) is 16.1. The Balaban J connectivity index is 1.98. The average molecular weight is 469 g/mol. The van der Waals surface area contributed by atoms with Gasteiger partial charge in [0.2, 0.25) is 5.91 Å². The summed E-state index contributed by atoms with van der Waals surface area (Å²) in [7, 11) is 1.49. The first kappa shape index (κ1) is 22.8. The fraction of sp³-hybridized carbons (Fsp3) is 0.130. The number of halogens is 3. The number of pyridine rings is 1. The Kier molecular flexibility index (Phi) is 5.70. The summed E-state index contributed by atoms with van der Waals surface area (Å²) in [4.78, 5) is 28.8. The second-order valence-electron chi connectivity index (χ2n) is 7.39. The van der Waals surface area contributed by atoms with Crippen molar-refractivity contribution in [1.82, 2.24) is 14.8 Å². The van der Waals surface area contributed by atoms with E-state index in [-0.39, 0.29) is 23.0 Å². The molecular weight excluding hydrogens is 451 g/mol. The summed E-state index contributed by atoms with van der Waals surface area (Å²) in [5.74, 6) is -1.56. The predicted molar refractivity (Wildman–Crippen MR) is 117 cm³/mol. The summed E-state index contributed by atoms with van der Waals surface area (Å²) in [5, 5.41) is 3.89. The third kappa shape index (κ3) is 4.15. The molecule has 4 N–H and O–H groups in total. The Labute approximate surface area is 190 Å². The summed E-state index contributed by atoms with van der Waals surface area (Å²) in [6.07, 6.45) is -3.81. The van der Waals surface area contributed by atoms with E-state index in [4.69, 9.17) is 16.2 Å². The molecule has 0 aliphatic carbocycles. The van der Waals surface area contributed by atoms with E-state index < -0.39 is 40.5 Å². The molecule has 0 spiro atoms. The molecule has 2 aromatic carbocycles. The fourth-order valence-electron chi connectivity index (χ4n) is 3.72. The number of nitrogens with two attached hydrogens (primary N) is 2. The van der Waals surface area contributed by atoms with Gasteiger partial charge < -0.3 is 16.2 Å². The van der Waals surface area contributed by atoms with Gasteiger partial charge in [-0.05, 0) is 23.8 Å². The van der Waals surface area contributed by atoms with Crippen molar-refractivity contribution in [1.29, 1.82) is 0 Å². The van der Waals surface area contributed by atoms with E-state index in [1.54, 1.807) is 36.4 Å². The molecule has 0 unspecified atom stereocenters. The molecular formula is C23H18F3N5O3. The average Bonchev–Trinajstić information content (AvgIpc) is 3.22. The van der Waals surface area contributed by atoms with E-state index in [0.29, 0.717) is 11.3 Å². The monoisotopic (exact) mass is 469 g/mol. The number of carbonyl (C=O) groups is 2. The first-order valence-corrected chi connectivity index (χ1v) is 9.90. The maximum atomic E-state index is 14.0. The minimum atomic E-state index is -4.91. The van der Waals surface area contributed by atoms with Gasteiger partial charge >= 0.3 is 6.18 Å². The summed E-state index contributed by atoms with van der Waals surface area (Å²) in [5.41, 5.74) is 8.80. The number of ether oxygens (including phenoxy) is 1. The Bertz CT molecular complexity index is 1410. The molecule has 2 heterocycles. The van der Waals surface area contributed by atoms with Crippen molar-refractivity contribution in [3.8, 4) is 16.9 Å². The molecule has 0 fully saturated rings. The number of aromatic nitrogens is 3. The van der Waals surface area contributed by atoms with Gasteiger partial charge in [-0.25, -0.2) is 4.98 Å². The number of alkyl halides is 3. The van der Waals surface area contributed by atoms with Crippen LogP contribution >= 0.6 is 0 Å². The normalized spacial score (nSPS) is 11.5. The zero-order valence-corrected chi connectivity index (χ0v) is 17.8. The lowest BCUT2D eigenvalue weighted by molar-refractivity contribution is -0.141. The largest absolute Gasteiger partial charge is 0.497 e. The van der Waals surface area contributed by atoms with Crippen LogP contribution in [0.4, 0.5) is 13.2 Å². The van der Waals surface area contributed by atoms with Crippen molar-refractivity contribution in [3.63, 3.8) is 0 Å². The van der Waals surface area contributed by atoms with Crippen molar-refractivity contribution in [2.45, 2.75) is 12.7 Å². The quantitative estimate of drug-likeness (QED) is 0.448. The number of para-hydroxylation sites is 1. The molecule has 0 aliphatic rings. The third-order valence-corrected chi connectivity index (χ3v) is 5.18. The molecule has 8 nitrogen and oxygen atoms in total. The van der Waals surface area contributed by atoms with Crippen molar-refractivity contribution in [2.75, 3.05) is 7.11 Å². The molecule has 0 saturated heterocycles. The molecule has 4 rings (SSSR count). The van der Waals surface area contributed by atoms with Crippen LogP contribution in [0.25, 0.3) is 22.0 Å². The second kappa shape index (κ2) is 8.50. The molecule has 34 heavy (non-hydrogen) atoms. The van der Waals surface area contributed by atoms with Crippen LogP contribution in [0.15, 0.2) is 54.7 Å². The van der Waals surface area contributed by atoms with Crippen LogP contribution < -0.4 is 16.2 Å². The van der Waals surface area contributed by atoms with Gasteiger partial charge in [0.05, 0.1) is 24.7 Å². The number of primary amides is 2. The van der Waals surface area contributed by atoms with Gasteiger partial charge in [-0.3, -0.25) is 14.3 Å². The Morgan fingerprint density at radius 3 is 2.29 bits per heavy atom. The van der Waals surface area contributed by atoms with Crippen molar-refractivity contribution >= 4 is 22.7 Å². The van der Waals surface area contributed by atoms with Gasteiger partial charge in [-0.2, -0.15) is 18.3 Å². The number of benzene rings is 2. The molecule has 11 heteroatoms. The lowest BCUT2D eigenvalue weighted by Crippen LogP contribution is -2.21. The molecule has 0 aliphatic heterocycles. The molecule has 2 aromatic heterocycles. The van der Waals surface area contributed by atoms with E-state index in [9.17, 15) is 22.8 Å². The zero-order valence-electron chi connectivity index (χ0n) is 17.8. The summed E-state index contributed by atoms with van der Waals surface area (Å²) in [6, 6.07) is 12.8. The minimum absolute atomic E-state index is 0.0219. The van der Waals surface area contributed by atoms with Gasteiger partial charge in [0, 0.05) is 22.7 Å². The van der Waals surface area contributed by atoms with Crippen molar-refractivity contribution in [3.05, 3.63) is 77.2 Å². The fourth-order valence-corrected chi connectivity index (χ4v) is 3.72. The molecule has 0 atom stereocenters. The SMILES string of the molecule is COc1ccc(Cn2cc(-c3c(C(N)=O)nc4ccccc4c3C(N)=O)c(C(F)(F)F)n2)cc1. The zero-order chi connectivity index (χ0) is 24.6. The number of methoxy groups -OCH3 is 1. The number of rotatable bonds is 6. The summed E-state index contributed by atoms with van der Waals surface area (Å²) < 4.78 is 48.2. The topological polar surface area (TPSA) is 126 Å². The van der Waals surface area contributed by atoms with Crippen LogP contribution in [-0.4, -0.2) is 33.7 Å². The number of hydrogen-bond acceptors (Lipinski definition) is 5. The highest BCUT2D eigenvalue weighted by Gasteiger charge is 2.40. The van der Waals surface area contributed by atoms with E-state index >= 15 is 0 Å². The van der Waals surface area contributed by atoms with E-state index in [0.717, 1.165) is 10.9 Å². The third-order valence-electron chi connectivity index (χ3n) is 5.18. The smallest absolute Gasteiger partial charge is 0.435 e. The number of hydrogen-bond donors (Lipinski definition) is 2. The molecule has 174 valence electrons. The molecule has 0 radical (unpaired) electrons. The lowest BCUT2D eigenvalue weighted by Gasteiger charge is -2.14. The maximum Gasteiger partial charge on any atom is 0.435 e. The lowest BCUT2D eigenvalue weighted by atomic mass is 9.93. The highest BCUT2D eigenvalue weighted by molar-refractivity contribution is 6.15. The Morgan fingerprint density at radius 1 is 1.03 bits per heavy atom. The number of nitrogens with zero attached hydrogens (tertiary/aromatic N) is 3. The maximum absolute atomic E-state index is 14.0. The van der Waals surface area contributed by atoms with Gasteiger partial charge in [0.1, 0.15) is 11.4 Å². The minimum Gasteiger partial charge on any atom is -0.497 e. The van der Waals surface area contributed by atoms with Crippen LogP contribution in [0, 0.1) is 0 Å². The van der Waals surface area contributed by atoms with E-state index in [1.165, 1.54) is 19.2 Å². The van der Waals surface area contributed by atoms with Crippen LogP contribution in [0.2, 0.25) is 0 Å². The van der Waals surface area contributed by atoms with Crippen LogP contribution in [-0.2, 0) is 12.7 Å². The number of carbonyl (C=O) groups excluding carboxylic acids is 2. The van der Waals surface area contributed by atoms with Gasteiger partial charge in [-0.15, -0.1) is 0 Å². The van der Waals surface area contributed by atoms with Crippen LogP contribution in [0.5, 0.6) is 5.75 Å². The Morgan fingerprint density at radius 2 is 1.71 bits per heavy atom. The highest BCUT2D eigenvalue weighted by atomic mass is 19.4. The first-order valence-electron chi connectivity index (χ1n) is 9.90. The van der Waals surface area contributed by atoms with Crippen LogP contribution in [0.1, 0.15) is 32.1 Å². The standard InChI is InChI=1S/C23H18F3N5O3/c1-34-13-8-6-12(7-9-13)10-31-11-15(20(30-31)23(24,25)26)17-18(21(27)32)14-4-2-3-5-16(14)29-19(17)22(28)33/h2-9,11H,10H2,1H3,(H2,27,32)(H2,28,33). The number of fused-ring (bicyclic) bond motifs is 1. The highest BCUT2D eigenvalue weighted by Crippen LogP contribution is 2.40. The van der Waals surface area contributed by atoms with Crippen molar-refractivity contribution in [2.24, 2.45) is 11.5 Å². The van der Waals surface area contributed by atoms with Crippen LogP contribution in [0.3, 0.4) is 0 Å². The predicted octanol–water partition coefficient (Wildman–Crippen LogP) is 3.37. The Hall–Kier alpha value is -4.41. The van der Waals surface area contributed by atoms with E-state index in [1.807, 2.05) is 0 Å². The van der Waals surface area contributed by atoms with Gasteiger partial charge in [0.25, 0.3) is 5.91 Å². The van der Waals surface area contributed by atoms with Crippen molar-refractivity contribution < 1.29 is 27.5 Å². The summed E-state index contributed by atoms with van der Waals surface area (Å²) >= 11 is 0. The molecule has 4 aromatic rings. The number of amides is 2. The molecule has 0 bridgehead atoms. The molecule has 0 saturated carbocycles. The summed E-state index contributed by atoms with van der Waals surface area (Å²) in [6.45, 7) is -0.0219. The molecule has 2 amide bonds. The van der Waals surface area contributed by atoms with Gasteiger partial charge in [0.15, 0.2) is 5.69 Å².